The fourth-order valence-electron chi connectivity index (χ4n) is 3.54. The third-order valence-corrected chi connectivity index (χ3v) is 4.88. The van der Waals surface area contributed by atoms with Gasteiger partial charge in [-0.05, 0) is 24.5 Å². The predicted octanol–water partition coefficient (Wildman–Crippen LogP) is 4.46. The van der Waals surface area contributed by atoms with Crippen molar-refractivity contribution >= 4 is 11.3 Å². The number of nitrogens with one attached hydrogen (secondary N) is 1. The van der Waals surface area contributed by atoms with Crippen LogP contribution in [-0.4, -0.2) is 41.4 Å². The number of aryl methyl sites for hydroxylation is 1. The summed E-state index contributed by atoms with van der Waals surface area (Å²) in [6.45, 7) is 8.52. The molecule has 0 unspecified atom stereocenters. The average Bonchev–Trinajstić information content (AvgIpc) is 3.27. The van der Waals surface area contributed by atoms with Gasteiger partial charge in [0.05, 0.1) is 28.7 Å². The molecule has 4 aromatic rings. The van der Waals surface area contributed by atoms with Crippen LogP contribution in [0, 0.1) is 12.3 Å². The van der Waals surface area contributed by atoms with Gasteiger partial charge in [-0.25, -0.2) is 14.5 Å². The minimum absolute atomic E-state index is 0.130. The van der Waals surface area contributed by atoms with Crippen molar-refractivity contribution in [2.24, 2.45) is 5.41 Å². The number of fused-ring (bicyclic) bond motifs is 1. The molecule has 0 aliphatic rings. The summed E-state index contributed by atoms with van der Waals surface area (Å²) in [5.41, 5.74) is 1.88. The van der Waals surface area contributed by atoms with E-state index < -0.39 is 11.7 Å². The first-order chi connectivity index (χ1) is 15.0. The van der Waals surface area contributed by atoms with Crippen molar-refractivity contribution in [3.8, 4) is 22.6 Å². The van der Waals surface area contributed by atoms with Gasteiger partial charge in [-0.1, -0.05) is 20.8 Å². The highest BCUT2D eigenvalue weighted by Gasteiger charge is 2.31. The Balaban J connectivity index is 1.96. The molecule has 4 aromatic heterocycles. The standard InChI is InChI=1S/C21H23F3N8/c1-12-30-16(18-19(25-5)27-11-29-32(12)18)14-9-28-31(10-20(2,3)4)17(14)15-7-6-13(8-26-15)21(22,23)24/h6-9,11H,10H2,1-5H3,(H,25,27,29). The Morgan fingerprint density at radius 3 is 2.38 bits per heavy atom. The van der Waals surface area contributed by atoms with E-state index >= 15 is 0 Å². The Kier molecular flexibility index (Phi) is 5.14. The summed E-state index contributed by atoms with van der Waals surface area (Å²) < 4.78 is 42.7. The van der Waals surface area contributed by atoms with E-state index in [0.717, 1.165) is 12.3 Å². The van der Waals surface area contributed by atoms with Crippen molar-refractivity contribution < 1.29 is 13.2 Å². The Labute approximate surface area is 182 Å². The number of halogens is 3. The number of hydrogen-bond donors (Lipinski definition) is 1. The second kappa shape index (κ2) is 7.57. The highest BCUT2D eigenvalue weighted by atomic mass is 19.4. The summed E-state index contributed by atoms with van der Waals surface area (Å²) in [5, 5.41) is 11.9. The van der Waals surface area contributed by atoms with E-state index in [-0.39, 0.29) is 5.41 Å². The molecule has 0 atom stereocenters. The molecule has 8 nitrogen and oxygen atoms in total. The van der Waals surface area contributed by atoms with Crippen molar-refractivity contribution in [3.05, 3.63) is 42.2 Å². The molecule has 11 heteroatoms. The second-order valence-electron chi connectivity index (χ2n) is 8.68. The first-order valence-electron chi connectivity index (χ1n) is 9.97. The predicted molar refractivity (Wildman–Crippen MR) is 114 cm³/mol. The molecule has 4 heterocycles. The van der Waals surface area contributed by atoms with Gasteiger partial charge >= 0.3 is 6.18 Å². The average molecular weight is 444 g/mol. The number of aromatic nitrogens is 7. The zero-order valence-corrected chi connectivity index (χ0v) is 18.4. The number of alkyl halides is 3. The zero-order chi connectivity index (χ0) is 23.3. The summed E-state index contributed by atoms with van der Waals surface area (Å²) in [5.74, 6) is 1.22. The van der Waals surface area contributed by atoms with Crippen LogP contribution in [0.25, 0.3) is 28.2 Å². The van der Waals surface area contributed by atoms with E-state index in [2.05, 4.69) is 51.2 Å². The molecule has 0 fully saturated rings. The maximum absolute atomic E-state index is 13.1. The molecule has 0 aliphatic carbocycles. The number of anilines is 1. The Morgan fingerprint density at radius 2 is 1.78 bits per heavy atom. The van der Waals surface area contributed by atoms with Crippen LogP contribution >= 0.6 is 0 Å². The molecule has 0 saturated carbocycles. The van der Waals surface area contributed by atoms with Gasteiger partial charge in [0.1, 0.15) is 23.4 Å². The summed E-state index contributed by atoms with van der Waals surface area (Å²) in [6, 6.07) is 2.39. The Bertz CT molecular complexity index is 1260. The van der Waals surface area contributed by atoms with E-state index in [1.54, 1.807) is 22.4 Å². The van der Waals surface area contributed by atoms with Crippen LogP contribution in [0.15, 0.2) is 30.9 Å². The quantitative estimate of drug-likeness (QED) is 0.500. The maximum Gasteiger partial charge on any atom is 0.417 e. The maximum atomic E-state index is 13.1. The van der Waals surface area contributed by atoms with E-state index in [0.29, 0.717) is 46.3 Å². The van der Waals surface area contributed by atoms with Gasteiger partial charge in [0, 0.05) is 19.8 Å². The molecule has 168 valence electrons. The molecule has 1 N–H and O–H groups in total. The van der Waals surface area contributed by atoms with Crippen LogP contribution in [0.3, 0.4) is 0 Å². The summed E-state index contributed by atoms with van der Waals surface area (Å²) in [4.78, 5) is 13.1. The highest BCUT2D eigenvalue weighted by Crippen LogP contribution is 2.37. The van der Waals surface area contributed by atoms with Gasteiger partial charge in [0.25, 0.3) is 0 Å². The van der Waals surface area contributed by atoms with Crippen LogP contribution in [0.2, 0.25) is 0 Å². The minimum Gasteiger partial charge on any atom is -0.371 e. The van der Waals surface area contributed by atoms with Crippen molar-refractivity contribution in [2.75, 3.05) is 12.4 Å². The molecule has 0 radical (unpaired) electrons. The van der Waals surface area contributed by atoms with Crippen molar-refractivity contribution in [3.63, 3.8) is 0 Å². The monoisotopic (exact) mass is 444 g/mol. The van der Waals surface area contributed by atoms with E-state index in [4.69, 9.17) is 0 Å². The zero-order valence-electron chi connectivity index (χ0n) is 18.4. The highest BCUT2D eigenvalue weighted by molar-refractivity contribution is 5.91. The molecule has 0 amide bonds. The van der Waals surface area contributed by atoms with Gasteiger partial charge in [0.2, 0.25) is 0 Å². The number of rotatable bonds is 4. The van der Waals surface area contributed by atoms with Gasteiger partial charge < -0.3 is 5.32 Å². The number of pyridine rings is 1. The molecular formula is C21H23F3N8. The first-order valence-corrected chi connectivity index (χ1v) is 9.97. The van der Waals surface area contributed by atoms with Crippen LogP contribution in [0.1, 0.15) is 32.2 Å². The van der Waals surface area contributed by atoms with E-state index in [9.17, 15) is 13.2 Å². The lowest BCUT2D eigenvalue weighted by Crippen LogP contribution is -2.17. The fourth-order valence-corrected chi connectivity index (χ4v) is 3.54. The smallest absolute Gasteiger partial charge is 0.371 e. The Hall–Kier alpha value is -3.50. The molecule has 4 rings (SSSR count). The van der Waals surface area contributed by atoms with Crippen molar-refractivity contribution in [1.29, 1.82) is 0 Å². The van der Waals surface area contributed by atoms with Crippen LogP contribution in [0.5, 0.6) is 0 Å². The lowest BCUT2D eigenvalue weighted by atomic mass is 9.96. The van der Waals surface area contributed by atoms with Crippen LogP contribution < -0.4 is 5.32 Å². The first kappa shape index (κ1) is 21.7. The number of imidazole rings is 1. The molecule has 0 aromatic carbocycles. The second-order valence-corrected chi connectivity index (χ2v) is 8.68. The lowest BCUT2D eigenvalue weighted by Gasteiger charge is -2.20. The minimum atomic E-state index is -4.46. The normalized spacial score (nSPS) is 12.5. The van der Waals surface area contributed by atoms with Crippen LogP contribution in [0.4, 0.5) is 19.0 Å². The fraction of sp³-hybridized carbons (Fsp3) is 0.381. The largest absolute Gasteiger partial charge is 0.417 e. The molecular weight excluding hydrogens is 421 g/mol. The van der Waals surface area contributed by atoms with E-state index in [1.807, 2.05) is 6.92 Å². The topological polar surface area (TPSA) is 85.8 Å². The summed E-state index contributed by atoms with van der Waals surface area (Å²) in [6.07, 6.45) is -0.532. The van der Waals surface area contributed by atoms with Gasteiger partial charge in [-0.2, -0.15) is 23.4 Å². The molecule has 0 bridgehead atoms. The van der Waals surface area contributed by atoms with Gasteiger partial charge in [-0.15, -0.1) is 0 Å². The summed E-state index contributed by atoms with van der Waals surface area (Å²) in [7, 11) is 1.75. The van der Waals surface area contributed by atoms with Gasteiger partial charge in [-0.3, -0.25) is 9.67 Å². The van der Waals surface area contributed by atoms with E-state index in [1.165, 1.54) is 12.4 Å². The molecule has 0 saturated heterocycles. The van der Waals surface area contributed by atoms with Crippen molar-refractivity contribution in [2.45, 2.75) is 40.4 Å². The number of nitrogens with zero attached hydrogens (tertiary/aromatic N) is 7. The third kappa shape index (κ3) is 3.90. The Morgan fingerprint density at radius 1 is 1.03 bits per heavy atom. The summed E-state index contributed by atoms with van der Waals surface area (Å²) >= 11 is 0. The molecule has 0 spiro atoms. The molecule has 0 aliphatic heterocycles. The molecule has 32 heavy (non-hydrogen) atoms. The SMILES string of the molecule is CNc1ncnn2c(C)nc(-c3cnn(CC(C)(C)C)c3-c3ccc(C(F)(F)F)cn3)c12. The third-order valence-electron chi connectivity index (χ3n) is 4.88. The van der Waals surface area contributed by atoms with Crippen LogP contribution in [-0.2, 0) is 12.7 Å². The van der Waals surface area contributed by atoms with Gasteiger partial charge in [0.15, 0.2) is 5.82 Å². The lowest BCUT2D eigenvalue weighted by molar-refractivity contribution is -0.137. The number of hydrogen-bond acceptors (Lipinski definition) is 6. The van der Waals surface area contributed by atoms with Crippen molar-refractivity contribution in [1.82, 2.24) is 34.3 Å².